The standard InChI is InChI=1S/C15H19N3OS/c1-8-4-14(10(3)20-8)9(2)18-15(19)11-5-12(16)7-13(17)6-11/h4-7,9H,16-17H2,1-3H3,(H,18,19). The van der Waals surface area contributed by atoms with Gasteiger partial charge in [0.1, 0.15) is 0 Å². The first-order valence-electron chi connectivity index (χ1n) is 6.40. The van der Waals surface area contributed by atoms with E-state index in [1.165, 1.54) is 9.75 Å². The van der Waals surface area contributed by atoms with E-state index < -0.39 is 0 Å². The van der Waals surface area contributed by atoms with Crippen LogP contribution in [0, 0.1) is 13.8 Å². The topological polar surface area (TPSA) is 81.1 Å². The summed E-state index contributed by atoms with van der Waals surface area (Å²) in [6, 6.07) is 6.95. The molecule has 5 N–H and O–H groups in total. The summed E-state index contributed by atoms with van der Waals surface area (Å²) in [5.74, 6) is -0.167. The second-order valence-electron chi connectivity index (χ2n) is 4.95. The van der Waals surface area contributed by atoms with E-state index in [9.17, 15) is 4.79 Å². The Morgan fingerprint density at radius 1 is 1.15 bits per heavy atom. The quantitative estimate of drug-likeness (QED) is 0.760. The summed E-state index contributed by atoms with van der Waals surface area (Å²) in [5, 5.41) is 2.98. The van der Waals surface area contributed by atoms with Gasteiger partial charge in [0, 0.05) is 26.7 Å². The number of amides is 1. The van der Waals surface area contributed by atoms with Gasteiger partial charge in [-0.3, -0.25) is 4.79 Å². The summed E-state index contributed by atoms with van der Waals surface area (Å²) in [7, 11) is 0. The molecule has 1 atom stereocenters. The summed E-state index contributed by atoms with van der Waals surface area (Å²) in [6.45, 7) is 6.10. The second kappa shape index (κ2) is 5.54. The fraction of sp³-hybridized carbons (Fsp3) is 0.267. The van der Waals surface area contributed by atoms with Crippen molar-refractivity contribution in [3.8, 4) is 0 Å². The fourth-order valence-corrected chi connectivity index (χ4v) is 3.27. The van der Waals surface area contributed by atoms with Gasteiger partial charge >= 0.3 is 0 Å². The van der Waals surface area contributed by atoms with Crippen LogP contribution in [0.3, 0.4) is 0 Å². The monoisotopic (exact) mass is 289 g/mol. The van der Waals surface area contributed by atoms with Gasteiger partial charge in [0.15, 0.2) is 0 Å². The number of carbonyl (C=O) groups excluding carboxylic acids is 1. The molecule has 5 heteroatoms. The third-order valence-electron chi connectivity index (χ3n) is 3.13. The lowest BCUT2D eigenvalue weighted by Gasteiger charge is -2.14. The van der Waals surface area contributed by atoms with Crippen molar-refractivity contribution in [2.75, 3.05) is 11.5 Å². The number of aryl methyl sites for hydroxylation is 2. The van der Waals surface area contributed by atoms with Gasteiger partial charge in [-0.2, -0.15) is 0 Å². The highest BCUT2D eigenvalue weighted by atomic mass is 32.1. The molecule has 0 aliphatic rings. The molecule has 0 spiro atoms. The summed E-state index contributed by atoms with van der Waals surface area (Å²) >= 11 is 1.73. The number of benzene rings is 1. The van der Waals surface area contributed by atoms with E-state index in [-0.39, 0.29) is 11.9 Å². The number of nitrogens with two attached hydrogens (primary N) is 2. The molecule has 0 aliphatic carbocycles. The van der Waals surface area contributed by atoms with E-state index in [2.05, 4.69) is 25.2 Å². The molecule has 1 aromatic carbocycles. The molecule has 0 fully saturated rings. The van der Waals surface area contributed by atoms with Crippen LogP contribution in [0.4, 0.5) is 11.4 Å². The number of thiophene rings is 1. The Labute approximate surface area is 122 Å². The molecule has 4 nitrogen and oxygen atoms in total. The number of rotatable bonds is 3. The zero-order valence-electron chi connectivity index (χ0n) is 11.9. The van der Waals surface area contributed by atoms with Gasteiger partial charge in [-0.1, -0.05) is 0 Å². The van der Waals surface area contributed by atoms with E-state index in [0.717, 1.165) is 5.56 Å². The van der Waals surface area contributed by atoms with Crippen molar-refractivity contribution >= 4 is 28.6 Å². The van der Waals surface area contributed by atoms with Gasteiger partial charge in [0.2, 0.25) is 0 Å². The molecule has 1 aromatic heterocycles. The molecule has 0 radical (unpaired) electrons. The molecule has 1 amide bonds. The zero-order chi connectivity index (χ0) is 14.9. The van der Waals surface area contributed by atoms with Crippen LogP contribution in [0.25, 0.3) is 0 Å². The molecule has 0 saturated carbocycles. The molecular formula is C15H19N3OS. The van der Waals surface area contributed by atoms with Crippen molar-refractivity contribution in [1.82, 2.24) is 5.32 Å². The van der Waals surface area contributed by atoms with Crippen molar-refractivity contribution in [2.45, 2.75) is 26.8 Å². The highest BCUT2D eigenvalue weighted by Crippen LogP contribution is 2.26. The minimum Gasteiger partial charge on any atom is -0.399 e. The molecule has 1 unspecified atom stereocenters. The Bertz CT molecular complexity index is 628. The second-order valence-corrected chi connectivity index (χ2v) is 6.41. The van der Waals surface area contributed by atoms with E-state index >= 15 is 0 Å². The number of hydrogen-bond acceptors (Lipinski definition) is 4. The van der Waals surface area contributed by atoms with Crippen LogP contribution >= 0.6 is 11.3 Å². The average molecular weight is 289 g/mol. The van der Waals surface area contributed by atoms with E-state index in [4.69, 9.17) is 11.5 Å². The predicted octanol–water partition coefficient (Wildman–Crippen LogP) is 3.02. The number of anilines is 2. The highest BCUT2D eigenvalue weighted by molar-refractivity contribution is 7.12. The Balaban J connectivity index is 2.17. The zero-order valence-corrected chi connectivity index (χ0v) is 12.7. The third-order valence-corrected chi connectivity index (χ3v) is 4.12. The summed E-state index contributed by atoms with van der Waals surface area (Å²) in [6.07, 6.45) is 0. The molecular weight excluding hydrogens is 270 g/mol. The fourth-order valence-electron chi connectivity index (χ4n) is 2.25. The maximum absolute atomic E-state index is 12.2. The minimum absolute atomic E-state index is 0.0462. The lowest BCUT2D eigenvalue weighted by Crippen LogP contribution is -2.26. The minimum atomic E-state index is -0.167. The summed E-state index contributed by atoms with van der Waals surface area (Å²) in [4.78, 5) is 14.7. The molecule has 2 rings (SSSR count). The van der Waals surface area contributed by atoms with Crippen molar-refractivity contribution < 1.29 is 4.79 Å². The first-order chi connectivity index (χ1) is 9.36. The van der Waals surface area contributed by atoms with Crippen molar-refractivity contribution in [3.63, 3.8) is 0 Å². The Morgan fingerprint density at radius 3 is 2.25 bits per heavy atom. The molecule has 2 aromatic rings. The van der Waals surface area contributed by atoms with Crippen molar-refractivity contribution in [3.05, 3.63) is 45.1 Å². The maximum atomic E-state index is 12.2. The van der Waals surface area contributed by atoms with Crippen molar-refractivity contribution in [1.29, 1.82) is 0 Å². The molecule has 1 heterocycles. The lowest BCUT2D eigenvalue weighted by atomic mass is 10.1. The molecule has 0 saturated heterocycles. The predicted molar refractivity (Wildman–Crippen MR) is 84.9 cm³/mol. The summed E-state index contributed by atoms with van der Waals surface area (Å²) < 4.78 is 0. The van der Waals surface area contributed by atoms with E-state index in [0.29, 0.717) is 16.9 Å². The van der Waals surface area contributed by atoms with Gasteiger partial charge < -0.3 is 16.8 Å². The summed E-state index contributed by atoms with van der Waals surface area (Å²) in [5.41, 5.74) is 14.0. The highest BCUT2D eigenvalue weighted by Gasteiger charge is 2.15. The Hall–Kier alpha value is -2.01. The van der Waals surface area contributed by atoms with Crippen LogP contribution < -0.4 is 16.8 Å². The van der Waals surface area contributed by atoms with Crippen LogP contribution in [0.1, 0.15) is 38.6 Å². The number of hydrogen-bond donors (Lipinski definition) is 3. The SMILES string of the molecule is Cc1cc(C(C)NC(=O)c2cc(N)cc(N)c2)c(C)s1. The van der Waals surface area contributed by atoms with Crippen molar-refractivity contribution in [2.24, 2.45) is 0 Å². The van der Waals surface area contributed by atoms with Crippen LogP contribution in [0.5, 0.6) is 0 Å². The van der Waals surface area contributed by atoms with Crippen LogP contribution in [0.15, 0.2) is 24.3 Å². The maximum Gasteiger partial charge on any atom is 0.251 e. The van der Waals surface area contributed by atoms with E-state index in [1.807, 2.05) is 6.92 Å². The number of nitrogen functional groups attached to an aromatic ring is 2. The van der Waals surface area contributed by atoms with Gasteiger partial charge in [-0.15, -0.1) is 11.3 Å². The number of nitrogens with one attached hydrogen (secondary N) is 1. The first kappa shape index (κ1) is 14.4. The molecule has 0 bridgehead atoms. The third kappa shape index (κ3) is 3.11. The first-order valence-corrected chi connectivity index (χ1v) is 7.22. The Kier molecular flexibility index (Phi) is 3.99. The number of carbonyl (C=O) groups is 1. The van der Waals surface area contributed by atoms with Crippen LogP contribution in [-0.4, -0.2) is 5.91 Å². The normalized spacial score (nSPS) is 12.2. The molecule has 20 heavy (non-hydrogen) atoms. The van der Waals surface area contributed by atoms with Gasteiger partial charge in [-0.25, -0.2) is 0 Å². The van der Waals surface area contributed by atoms with Gasteiger partial charge in [-0.05, 0) is 50.6 Å². The van der Waals surface area contributed by atoms with Gasteiger partial charge in [0.05, 0.1) is 6.04 Å². The molecule has 106 valence electrons. The average Bonchev–Trinajstić information content (AvgIpc) is 2.67. The van der Waals surface area contributed by atoms with Crippen LogP contribution in [-0.2, 0) is 0 Å². The largest absolute Gasteiger partial charge is 0.399 e. The van der Waals surface area contributed by atoms with Gasteiger partial charge in [0.25, 0.3) is 5.91 Å². The smallest absolute Gasteiger partial charge is 0.251 e. The van der Waals surface area contributed by atoms with E-state index in [1.54, 1.807) is 29.5 Å². The Morgan fingerprint density at radius 2 is 1.75 bits per heavy atom. The van der Waals surface area contributed by atoms with Crippen LogP contribution in [0.2, 0.25) is 0 Å². The lowest BCUT2D eigenvalue weighted by molar-refractivity contribution is 0.0940. The molecule has 0 aliphatic heterocycles.